The van der Waals surface area contributed by atoms with Gasteiger partial charge in [-0.15, -0.1) is 0 Å². The third-order valence-corrected chi connectivity index (χ3v) is 3.72. The van der Waals surface area contributed by atoms with E-state index in [-0.39, 0.29) is 0 Å². The number of phosphoric ester groups is 1. The lowest BCUT2D eigenvalue weighted by atomic mass is 10.1. The van der Waals surface area contributed by atoms with E-state index in [0.717, 1.165) is 22.3 Å². The van der Waals surface area contributed by atoms with Gasteiger partial charge in [0.05, 0.1) is 0 Å². The summed E-state index contributed by atoms with van der Waals surface area (Å²) < 4.78 is 22.4. The van der Waals surface area contributed by atoms with Gasteiger partial charge in [-0.3, -0.25) is 4.89 Å². The van der Waals surface area contributed by atoms with E-state index in [9.17, 15) is 9.46 Å². The summed E-state index contributed by atoms with van der Waals surface area (Å²) in [5.41, 5.74) is 3.82. The second-order valence-corrected chi connectivity index (χ2v) is 6.60. The molecule has 21 heavy (non-hydrogen) atoms. The molecule has 1 N–H and O–H groups in total. The number of aryl methyl sites for hydroxylation is 4. The van der Waals surface area contributed by atoms with Crippen LogP contribution in [0, 0.1) is 27.7 Å². The zero-order valence-corrected chi connectivity index (χ0v) is 13.5. The van der Waals surface area contributed by atoms with Crippen LogP contribution >= 0.6 is 7.82 Å². The maximum atomic E-state index is 12.1. The van der Waals surface area contributed by atoms with Gasteiger partial charge in [-0.1, -0.05) is 12.1 Å². The molecule has 2 aromatic rings. The van der Waals surface area contributed by atoms with Gasteiger partial charge in [0.25, 0.3) is 0 Å². The van der Waals surface area contributed by atoms with Gasteiger partial charge in [0, 0.05) is 0 Å². The van der Waals surface area contributed by atoms with Crippen LogP contribution in [0.5, 0.6) is 11.5 Å². The van der Waals surface area contributed by atoms with Crippen LogP contribution in [0.2, 0.25) is 0 Å². The first-order valence-electron chi connectivity index (χ1n) is 6.62. The largest absolute Gasteiger partial charge is 0.584 e. The van der Waals surface area contributed by atoms with Crippen molar-refractivity contribution in [1.29, 1.82) is 0 Å². The number of rotatable bonds is 4. The molecule has 0 aliphatic carbocycles. The molecular weight excluding hydrogens is 287 g/mol. The summed E-state index contributed by atoms with van der Waals surface area (Å²) >= 11 is 0. The zero-order chi connectivity index (χ0) is 15.6. The van der Waals surface area contributed by atoms with Gasteiger partial charge in [-0.25, -0.2) is 4.57 Å². The maximum Gasteiger partial charge on any atom is 0.584 e. The van der Waals surface area contributed by atoms with Crippen LogP contribution in [0.3, 0.4) is 0 Å². The molecule has 0 saturated carbocycles. The Morgan fingerprint density at radius 3 is 1.29 bits per heavy atom. The molecule has 0 radical (unpaired) electrons. The highest BCUT2D eigenvalue weighted by Crippen LogP contribution is 2.45. The molecule has 0 fully saturated rings. The summed E-state index contributed by atoms with van der Waals surface area (Å²) in [5.74, 6) is 0.644. The Hall–Kier alpha value is -1.77. The Balaban J connectivity index is 2.20. The monoisotopic (exact) mass is 306 g/mol. The molecule has 0 spiro atoms. The van der Waals surface area contributed by atoms with Crippen molar-refractivity contribution >= 4 is 7.82 Å². The van der Waals surface area contributed by atoms with E-state index in [1.807, 2.05) is 39.8 Å². The fourth-order valence-electron chi connectivity index (χ4n) is 2.26. The van der Waals surface area contributed by atoms with Crippen LogP contribution in [-0.4, -0.2) is 4.89 Å². The van der Waals surface area contributed by atoms with Crippen molar-refractivity contribution in [3.05, 3.63) is 58.7 Å². The van der Waals surface area contributed by atoms with E-state index in [2.05, 4.69) is 0 Å². The molecule has 0 bridgehead atoms. The highest BCUT2D eigenvalue weighted by atomic mass is 31.2. The quantitative estimate of drug-likeness (QED) is 0.846. The first kappa shape index (κ1) is 15.6. The fourth-order valence-corrected chi connectivity index (χ4v) is 3.04. The van der Waals surface area contributed by atoms with Gasteiger partial charge < -0.3 is 9.05 Å². The average molecular weight is 306 g/mol. The van der Waals surface area contributed by atoms with Crippen molar-refractivity contribution in [1.82, 2.24) is 0 Å². The van der Waals surface area contributed by atoms with Crippen molar-refractivity contribution in [2.45, 2.75) is 27.7 Å². The van der Waals surface area contributed by atoms with Crippen molar-refractivity contribution in [3.8, 4) is 11.5 Å². The van der Waals surface area contributed by atoms with E-state index in [4.69, 9.17) is 9.05 Å². The number of phosphoric acid groups is 1. The highest BCUT2D eigenvalue weighted by Gasteiger charge is 2.25. The van der Waals surface area contributed by atoms with Crippen molar-refractivity contribution in [2.24, 2.45) is 0 Å². The van der Waals surface area contributed by atoms with E-state index in [1.165, 1.54) is 0 Å². The minimum absolute atomic E-state index is 0.322. The van der Waals surface area contributed by atoms with Gasteiger partial charge >= 0.3 is 7.82 Å². The third-order valence-electron chi connectivity index (χ3n) is 2.83. The zero-order valence-electron chi connectivity index (χ0n) is 12.6. The SMILES string of the molecule is Cc1cc(C)cc(OP(=O)(O)Oc2cc(C)cc(C)c2)c1. The van der Waals surface area contributed by atoms with Crippen molar-refractivity contribution in [2.75, 3.05) is 0 Å². The smallest absolute Gasteiger partial charge is 0.395 e. The fraction of sp³-hybridized carbons (Fsp3) is 0.250. The molecule has 5 heteroatoms. The number of benzene rings is 2. The van der Waals surface area contributed by atoms with Crippen molar-refractivity contribution < 1.29 is 18.5 Å². The standard InChI is InChI=1S/C16H19O4P/c1-11-5-12(2)8-15(7-11)19-21(17,18)20-16-9-13(3)6-14(4)10-16/h5-10H,1-4H3,(H,17,18). The van der Waals surface area contributed by atoms with Crippen molar-refractivity contribution in [3.63, 3.8) is 0 Å². The lowest BCUT2D eigenvalue weighted by Gasteiger charge is -2.15. The van der Waals surface area contributed by atoms with Crippen LogP contribution in [0.25, 0.3) is 0 Å². The molecule has 2 aromatic carbocycles. The predicted octanol–water partition coefficient (Wildman–Crippen LogP) is 4.48. The lowest BCUT2D eigenvalue weighted by Crippen LogP contribution is -2.00. The minimum atomic E-state index is -4.22. The van der Waals surface area contributed by atoms with Crippen LogP contribution in [-0.2, 0) is 4.57 Å². The van der Waals surface area contributed by atoms with Crippen LogP contribution in [0.1, 0.15) is 22.3 Å². The highest BCUT2D eigenvalue weighted by molar-refractivity contribution is 7.48. The summed E-state index contributed by atoms with van der Waals surface area (Å²) in [6.45, 7) is 7.58. The van der Waals surface area contributed by atoms with Gasteiger partial charge in [0.2, 0.25) is 0 Å². The van der Waals surface area contributed by atoms with Gasteiger partial charge in [-0.2, -0.15) is 0 Å². The normalized spacial score (nSPS) is 11.3. The summed E-state index contributed by atoms with van der Waals surface area (Å²) in [5, 5.41) is 0. The van der Waals surface area contributed by atoms with Gasteiger partial charge in [0.15, 0.2) is 0 Å². The van der Waals surface area contributed by atoms with Gasteiger partial charge in [0.1, 0.15) is 11.5 Å². The topological polar surface area (TPSA) is 55.8 Å². The Labute approximate surface area is 125 Å². The van der Waals surface area contributed by atoms with E-state index in [1.54, 1.807) is 24.3 Å². The molecule has 0 heterocycles. The molecule has 112 valence electrons. The Kier molecular flexibility index (Phi) is 4.40. The molecule has 0 atom stereocenters. The molecule has 0 amide bonds. The Morgan fingerprint density at radius 2 is 1.00 bits per heavy atom. The third kappa shape index (κ3) is 4.62. The molecule has 0 saturated heterocycles. The molecule has 2 rings (SSSR count). The second kappa shape index (κ2) is 5.92. The first-order chi connectivity index (χ1) is 9.73. The van der Waals surface area contributed by atoms with E-state index in [0.29, 0.717) is 11.5 Å². The summed E-state index contributed by atoms with van der Waals surface area (Å²) in [7, 11) is -4.22. The average Bonchev–Trinajstić information content (AvgIpc) is 2.23. The summed E-state index contributed by atoms with van der Waals surface area (Å²) in [4.78, 5) is 9.90. The Morgan fingerprint density at radius 1 is 0.714 bits per heavy atom. The van der Waals surface area contributed by atoms with E-state index < -0.39 is 7.82 Å². The molecule has 4 nitrogen and oxygen atoms in total. The van der Waals surface area contributed by atoms with Gasteiger partial charge in [-0.05, 0) is 74.2 Å². The second-order valence-electron chi connectivity index (χ2n) is 5.30. The van der Waals surface area contributed by atoms with Crippen LogP contribution < -0.4 is 9.05 Å². The predicted molar refractivity (Wildman–Crippen MR) is 82.9 cm³/mol. The molecular formula is C16H19O4P. The maximum absolute atomic E-state index is 12.1. The molecule has 0 aliphatic heterocycles. The molecule has 0 aliphatic rings. The summed E-state index contributed by atoms with van der Waals surface area (Å²) in [6, 6.07) is 10.7. The minimum Gasteiger partial charge on any atom is -0.395 e. The number of hydrogen-bond donors (Lipinski definition) is 1. The molecule has 0 unspecified atom stereocenters. The lowest BCUT2D eigenvalue weighted by molar-refractivity contribution is 0.291. The van der Waals surface area contributed by atoms with Crippen LogP contribution in [0.15, 0.2) is 36.4 Å². The Bertz CT molecular complexity index is 611. The van der Waals surface area contributed by atoms with Crippen LogP contribution in [0.4, 0.5) is 0 Å². The number of hydrogen-bond acceptors (Lipinski definition) is 3. The molecule has 0 aromatic heterocycles. The first-order valence-corrected chi connectivity index (χ1v) is 8.12. The van der Waals surface area contributed by atoms with E-state index >= 15 is 0 Å². The summed E-state index contributed by atoms with van der Waals surface area (Å²) in [6.07, 6.45) is 0.